The zero-order valence-electron chi connectivity index (χ0n) is 10.4. The average Bonchev–Trinajstić information content (AvgIpc) is 2.68. The fourth-order valence-electron chi connectivity index (χ4n) is 1.79. The molecular formula is C13H15N3O2. The summed E-state index contributed by atoms with van der Waals surface area (Å²) in [5.41, 5.74) is 4.37. The molecule has 1 aromatic heterocycles. The number of carbonyl (C=O) groups is 1. The Balaban J connectivity index is 2.17. The quantitative estimate of drug-likeness (QED) is 0.666. The summed E-state index contributed by atoms with van der Waals surface area (Å²) in [6, 6.07) is 8.01. The summed E-state index contributed by atoms with van der Waals surface area (Å²) in [4.78, 5) is 11.0. The van der Waals surface area contributed by atoms with Crippen molar-refractivity contribution in [2.45, 2.75) is 6.92 Å². The maximum atomic E-state index is 11.0. The molecule has 94 valence electrons. The molecule has 2 aromatic rings. The molecule has 1 heterocycles. The van der Waals surface area contributed by atoms with Gasteiger partial charge >= 0.3 is 6.09 Å². The first kappa shape index (κ1) is 12.2. The first-order chi connectivity index (χ1) is 8.72. The van der Waals surface area contributed by atoms with Gasteiger partial charge < -0.3 is 9.30 Å². The number of carbonyl (C=O) groups excluding carboxylic acids is 1. The predicted octanol–water partition coefficient (Wildman–Crippen LogP) is 2.26. The molecule has 0 bridgehead atoms. The third kappa shape index (κ3) is 2.51. The van der Waals surface area contributed by atoms with Crippen molar-refractivity contribution in [3.8, 4) is 0 Å². The van der Waals surface area contributed by atoms with Crippen LogP contribution >= 0.6 is 0 Å². The van der Waals surface area contributed by atoms with Crippen molar-refractivity contribution >= 4 is 23.2 Å². The summed E-state index contributed by atoms with van der Waals surface area (Å²) in [6.45, 7) is 2.07. The Bertz CT molecular complexity index is 587. The highest BCUT2D eigenvalue weighted by atomic mass is 16.5. The van der Waals surface area contributed by atoms with E-state index in [1.165, 1.54) is 0 Å². The number of ether oxygens (including phenoxy) is 1. The van der Waals surface area contributed by atoms with E-state index in [1.54, 1.807) is 13.1 Å². The minimum Gasteiger partial charge on any atom is -0.449 e. The molecule has 1 N–H and O–H groups in total. The molecule has 0 aliphatic rings. The molecule has 0 spiro atoms. The van der Waals surface area contributed by atoms with Crippen LogP contribution in [-0.2, 0) is 11.8 Å². The number of aryl methyl sites for hydroxylation is 1. The second kappa shape index (κ2) is 5.35. The van der Waals surface area contributed by atoms with Crippen molar-refractivity contribution < 1.29 is 9.53 Å². The van der Waals surface area contributed by atoms with E-state index in [0.29, 0.717) is 6.61 Å². The molecule has 5 heteroatoms. The van der Waals surface area contributed by atoms with E-state index in [9.17, 15) is 4.79 Å². The molecule has 1 amide bonds. The fraction of sp³-hybridized carbons (Fsp3) is 0.231. The van der Waals surface area contributed by atoms with Crippen LogP contribution in [0.3, 0.4) is 0 Å². The molecule has 0 saturated heterocycles. The third-order valence-corrected chi connectivity index (χ3v) is 2.56. The first-order valence-corrected chi connectivity index (χ1v) is 5.72. The van der Waals surface area contributed by atoms with Crippen LogP contribution in [0.5, 0.6) is 0 Å². The van der Waals surface area contributed by atoms with E-state index < -0.39 is 6.09 Å². The number of hydrazone groups is 1. The van der Waals surface area contributed by atoms with E-state index in [4.69, 9.17) is 4.74 Å². The number of amides is 1. The van der Waals surface area contributed by atoms with Gasteiger partial charge in [-0.1, -0.05) is 18.2 Å². The molecule has 0 atom stereocenters. The Kier molecular flexibility index (Phi) is 3.62. The predicted molar refractivity (Wildman–Crippen MR) is 70.7 cm³/mol. The van der Waals surface area contributed by atoms with Crippen molar-refractivity contribution in [2.75, 3.05) is 6.61 Å². The highest BCUT2D eigenvalue weighted by Gasteiger charge is 2.03. The Morgan fingerprint density at radius 3 is 3.06 bits per heavy atom. The van der Waals surface area contributed by atoms with Gasteiger partial charge in [-0.05, 0) is 13.0 Å². The zero-order chi connectivity index (χ0) is 13.0. The zero-order valence-corrected chi connectivity index (χ0v) is 10.4. The largest absolute Gasteiger partial charge is 0.449 e. The van der Waals surface area contributed by atoms with E-state index in [2.05, 4.69) is 10.5 Å². The van der Waals surface area contributed by atoms with Crippen LogP contribution < -0.4 is 5.43 Å². The molecule has 0 unspecified atom stereocenters. The topological polar surface area (TPSA) is 55.6 Å². The number of hydrogen-bond donors (Lipinski definition) is 1. The minimum absolute atomic E-state index is 0.329. The number of nitrogens with zero attached hydrogens (tertiary/aromatic N) is 2. The highest BCUT2D eigenvalue weighted by molar-refractivity contribution is 5.99. The number of para-hydroxylation sites is 1. The summed E-state index contributed by atoms with van der Waals surface area (Å²) in [7, 11) is 1.97. The van der Waals surface area contributed by atoms with Crippen molar-refractivity contribution in [1.29, 1.82) is 0 Å². The molecule has 0 aliphatic carbocycles. The molecule has 1 aromatic carbocycles. The molecule has 2 rings (SSSR count). The SMILES string of the molecule is CCOC(=O)N/N=C/c1cn(C)c2ccccc12. The number of benzene rings is 1. The molecule has 5 nitrogen and oxygen atoms in total. The maximum Gasteiger partial charge on any atom is 0.427 e. The molecular weight excluding hydrogens is 230 g/mol. The summed E-state index contributed by atoms with van der Waals surface area (Å²) in [5, 5.41) is 4.95. The standard InChI is InChI=1S/C13H15N3O2/c1-3-18-13(17)15-14-8-10-9-16(2)12-7-5-4-6-11(10)12/h4-9H,3H2,1-2H3,(H,15,17)/b14-8+. The van der Waals surface area contributed by atoms with Crippen molar-refractivity contribution in [2.24, 2.45) is 12.1 Å². The van der Waals surface area contributed by atoms with Crippen LogP contribution in [0.25, 0.3) is 10.9 Å². The lowest BCUT2D eigenvalue weighted by molar-refractivity contribution is 0.152. The fourth-order valence-corrected chi connectivity index (χ4v) is 1.79. The van der Waals surface area contributed by atoms with Crippen molar-refractivity contribution in [3.05, 3.63) is 36.0 Å². The van der Waals surface area contributed by atoms with Gasteiger partial charge in [-0.3, -0.25) is 0 Å². The van der Waals surface area contributed by atoms with Crippen molar-refractivity contribution in [3.63, 3.8) is 0 Å². The number of nitrogens with one attached hydrogen (secondary N) is 1. The third-order valence-electron chi connectivity index (χ3n) is 2.56. The lowest BCUT2D eigenvalue weighted by Crippen LogP contribution is -2.18. The van der Waals surface area contributed by atoms with Gasteiger partial charge in [-0.25, -0.2) is 10.2 Å². The summed E-state index contributed by atoms with van der Waals surface area (Å²) >= 11 is 0. The Morgan fingerprint density at radius 1 is 1.50 bits per heavy atom. The van der Waals surface area contributed by atoms with Gasteiger partial charge in [0.05, 0.1) is 12.8 Å². The number of aromatic nitrogens is 1. The Hall–Kier alpha value is -2.30. The monoisotopic (exact) mass is 245 g/mol. The second-order valence-corrected chi connectivity index (χ2v) is 3.80. The summed E-state index contributed by atoms with van der Waals surface area (Å²) in [6.07, 6.45) is 3.02. The smallest absolute Gasteiger partial charge is 0.427 e. The second-order valence-electron chi connectivity index (χ2n) is 3.80. The molecule has 0 aliphatic heterocycles. The Morgan fingerprint density at radius 2 is 2.28 bits per heavy atom. The van der Waals surface area contributed by atoms with Gasteiger partial charge in [-0.15, -0.1) is 0 Å². The average molecular weight is 245 g/mol. The number of rotatable bonds is 3. The van der Waals surface area contributed by atoms with Gasteiger partial charge in [0.2, 0.25) is 0 Å². The summed E-state index contributed by atoms with van der Waals surface area (Å²) < 4.78 is 6.72. The van der Waals surface area contributed by atoms with E-state index in [1.807, 2.05) is 42.1 Å². The van der Waals surface area contributed by atoms with Gasteiger partial charge in [0.15, 0.2) is 0 Å². The lowest BCUT2D eigenvalue weighted by atomic mass is 10.2. The molecule has 18 heavy (non-hydrogen) atoms. The lowest BCUT2D eigenvalue weighted by Gasteiger charge is -1.98. The van der Waals surface area contributed by atoms with Crippen molar-refractivity contribution in [1.82, 2.24) is 9.99 Å². The van der Waals surface area contributed by atoms with E-state index >= 15 is 0 Å². The van der Waals surface area contributed by atoms with Gasteiger partial charge in [0.1, 0.15) is 0 Å². The molecule has 0 radical (unpaired) electrons. The maximum absolute atomic E-state index is 11.0. The minimum atomic E-state index is -0.547. The van der Waals surface area contributed by atoms with Crippen LogP contribution in [0.2, 0.25) is 0 Å². The first-order valence-electron chi connectivity index (χ1n) is 5.72. The van der Waals surface area contributed by atoms with Gasteiger partial charge in [0, 0.05) is 29.7 Å². The Labute approximate surface area is 105 Å². The normalized spacial score (nSPS) is 11.0. The van der Waals surface area contributed by atoms with Crippen LogP contribution in [-0.4, -0.2) is 23.5 Å². The van der Waals surface area contributed by atoms with E-state index in [-0.39, 0.29) is 0 Å². The number of hydrogen-bond acceptors (Lipinski definition) is 3. The molecule has 0 saturated carbocycles. The summed E-state index contributed by atoms with van der Waals surface area (Å²) in [5.74, 6) is 0. The number of fused-ring (bicyclic) bond motifs is 1. The van der Waals surface area contributed by atoms with Crippen LogP contribution in [0.15, 0.2) is 35.6 Å². The van der Waals surface area contributed by atoms with Crippen LogP contribution in [0, 0.1) is 0 Å². The highest BCUT2D eigenvalue weighted by Crippen LogP contribution is 2.18. The van der Waals surface area contributed by atoms with Crippen LogP contribution in [0.4, 0.5) is 4.79 Å². The van der Waals surface area contributed by atoms with Crippen LogP contribution in [0.1, 0.15) is 12.5 Å². The van der Waals surface area contributed by atoms with Gasteiger partial charge in [0.25, 0.3) is 0 Å². The molecule has 0 fully saturated rings. The van der Waals surface area contributed by atoms with E-state index in [0.717, 1.165) is 16.5 Å². The van der Waals surface area contributed by atoms with Gasteiger partial charge in [-0.2, -0.15) is 5.10 Å².